The Balaban J connectivity index is 1.75. The van der Waals surface area contributed by atoms with Crippen LogP contribution in [0.3, 0.4) is 0 Å². The van der Waals surface area contributed by atoms with Crippen molar-refractivity contribution in [2.24, 2.45) is 0 Å². The van der Waals surface area contributed by atoms with Gasteiger partial charge in [0.1, 0.15) is 10.6 Å². The second-order valence-electron chi connectivity index (χ2n) is 8.70. The number of para-hydroxylation sites is 1. The molecular formula is C29H28N2O4S. The summed E-state index contributed by atoms with van der Waals surface area (Å²) in [7, 11) is 0. The second kappa shape index (κ2) is 10.8. The smallest absolute Gasteiger partial charge is 0.340 e. The van der Waals surface area contributed by atoms with E-state index in [1.807, 2.05) is 55.5 Å². The van der Waals surface area contributed by atoms with Gasteiger partial charge in [-0.05, 0) is 61.7 Å². The highest BCUT2D eigenvalue weighted by Gasteiger charge is 2.41. The van der Waals surface area contributed by atoms with Gasteiger partial charge in [0.2, 0.25) is 0 Å². The van der Waals surface area contributed by atoms with E-state index in [4.69, 9.17) is 4.74 Å². The van der Waals surface area contributed by atoms with Crippen molar-refractivity contribution in [1.82, 2.24) is 0 Å². The van der Waals surface area contributed by atoms with Crippen molar-refractivity contribution in [2.45, 2.75) is 38.5 Å². The number of rotatable bonds is 8. The predicted octanol–water partition coefficient (Wildman–Crippen LogP) is 6.28. The van der Waals surface area contributed by atoms with E-state index in [-0.39, 0.29) is 28.5 Å². The number of nitrogens with one attached hydrogen (secondary N) is 1. The van der Waals surface area contributed by atoms with Gasteiger partial charge in [-0.1, -0.05) is 67.6 Å². The van der Waals surface area contributed by atoms with Gasteiger partial charge in [-0.15, -0.1) is 0 Å². The van der Waals surface area contributed by atoms with E-state index in [2.05, 4.69) is 19.2 Å². The minimum atomic E-state index is -0.591. The molecule has 1 heterocycles. The molecule has 7 heteroatoms. The van der Waals surface area contributed by atoms with Crippen LogP contribution in [0.25, 0.3) is 0 Å². The van der Waals surface area contributed by atoms with Crippen LogP contribution in [0.5, 0.6) is 0 Å². The Morgan fingerprint density at radius 1 is 0.944 bits per heavy atom. The number of imide groups is 1. The molecular weight excluding hydrogens is 472 g/mol. The van der Waals surface area contributed by atoms with Crippen molar-refractivity contribution < 1.29 is 19.1 Å². The maximum Gasteiger partial charge on any atom is 0.340 e. The van der Waals surface area contributed by atoms with Crippen LogP contribution < -0.4 is 10.2 Å². The summed E-state index contributed by atoms with van der Waals surface area (Å²) in [5.41, 5.74) is 3.47. The molecule has 0 saturated carbocycles. The molecule has 0 bridgehead atoms. The van der Waals surface area contributed by atoms with Gasteiger partial charge < -0.3 is 10.1 Å². The monoisotopic (exact) mass is 500 g/mol. The Morgan fingerprint density at radius 3 is 2.25 bits per heavy atom. The lowest BCUT2D eigenvalue weighted by molar-refractivity contribution is -0.120. The lowest BCUT2D eigenvalue weighted by Crippen LogP contribution is -2.33. The van der Waals surface area contributed by atoms with Crippen LogP contribution in [0.15, 0.2) is 88.3 Å². The Labute approximate surface area is 215 Å². The van der Waals surface area contributed by atoms with Crippen LogP contribution in [0.1, 0.15) is 48.2 Å². The average molecular weight is 501 g/mol. The number of hydrogen-bond acceptors (Lipinski definition) is 6. The largest absolute Gasteiger partial charge is 0.462 e. The van der Waals surface area contributed by atoms with E-state index in [0.717, 1.165) is 15.4 Å². The number of ether oxygens (including phenoxy) is 1. The van der Waals surface area contributed by atoms with Gasteiger partial charge in [0.25, 0.3) is 11.8 Å². The quantitative estimate of drug-likeness (QED) is 0.290. The molecule has 0 saturated heterocycles. The van der Waals surface area contributed by atoms with Crippen molar-refractivity contribution in [3.8, 4) is 0 Å². The van der Waals surface area contributed by atoms with E-state index >= 15 is 0 Å². The summed E-state index contributed by atoms with van der Waals surface area (Å²) in [6, 6.07) is 22.0. The Bertz CT molecular complexity index is 1330. The number of benzene rings is 3. The lowest BCUT2D eigenvalue weighted by atomic mass is 10.0. The summed E-state index contributed by atoms with van der Waals surface area (Å²) >= 11 is 1.22. The number of hydrogen-bond donors (Lipinski definition) is 1. The SMILES string of the molecule is CCOC(=O)c1ccccc1N1C(=O)C(Nc2ccc(C(C)C)cc2)=C(Sc2ccc(C)cc2)C1=O. The molecule has 184 valence electrons. The fourth-order valence-corrected chi connectivity index (χ4v) is 4.73. The number of aryl methyl sites for hydroxylation is 1. The third-order valence-corrected chi connectivity index (χ3v) is 6.86. The lowest BCUT2D eigenvalue weighted by Gasteiger charge is -2.18. The Morgan fingerprint density at radius 2 is 1.61 bits per heavy atom. The molecule has 1 N–H and O–H groups in total. The maximum atomic E-state index is 13.7. The molecule has 36 heavy (non-hydrogen) atoms. The van der Waals surface area contributed by atoms with Gasteiger partial charge in [-0.3, -0.25) is 9.59 Å². The first-order chi connectivity index (χ1) is 17.3. The first kappa shape index (κ1) is 25.3. The summed E-state index contributed by atoms with van der Waals surface area (Å²) in [6.07, 6.45) is 0. The summed E-state index contributed by atoms with van der Waals surface area (Å²) in [5.74, 6) is -1.24. The van der Waals surface area contributed by atoms with Gasteiger partial charge in [-0.25, -0.2) is 9.69 Å². The zero-order chi connectivity index (χ0) is 25.8. The normalized spacial score (nSPS) is 13.5. The molecule has 2 amide bonds. The fraction of sp³-hybridized carbons (Fsp3) is 0.207. The average Bonchev–Trinajstić information content (AvgIpc) is 3.09. The zero-order valence-electron chi connectivity index (χ0n) is 20.7. The van der Waals surface area contributed by atoms with Crippen molar-refractivity contribution >= 4 is 40.9 Å². The Kier molecular flexibility index (Phi) is 7.60. The minimum absolute atomic E-state index is 0.156. The molecule has 3 aromatic rings. The fourth-order valence-electron chi connectivity index (χ4n) is 3.80. The Hall–Kier alpha value is -3.84. The second-order valence-corrected chi connectivity index (χ2v) is 9.79. The summed E-state index contributed by atoms with van der Waals surface area (Å²) in [4.78, 5) is 42.1. The van der Waals surface area contributed by atoms with Gasteiger partial charge in [0, 0.05) is 10.6 Å². The summed E-state index contributed by atoms with van der Waals surface area (Å²) < 4.78 is 5.16. The van der Waals surface area contributed by atoms with Gasteiger partial charge in [0.15, 0.2) is 0 Å². The van der Waals surface area contributed by atoms with E-state index in [9.17, 15) is 14.4 Å². The molecule has 4 rings (SSSR count). The van der Waals surface area contributed by atoms with Crippen molar-refractivity contribution in [2.75, 3.05) is 16.8 Å². The number of esters is 1. The van der Waals surface area contributed by atoms with Crippen LogP contribution in [-0.4, -0.2) is 24.4 Å². The standard InChI is InChI=1S/C29H28N2O4S/c1-5-35-29(34)23-8-6-7-9-24(23)31-27(32)25(30-21-14-12-20(13-15-21)18(2)3)26(28(31)33)36-22-16-10-19(4)11-17-22/h6-18,30H,5H2,1-4H3. The van der Waals surface area contributed by atoms with Crippen LogP contribution in [0.2, 0.25) is 0 Å². The number of amides is 2. The summed E-state index contributed by atoms with van der Waals surface area (Å²) in [6.45, 7) is 8.09. The molecule has 1 aliphatic heterocycles. The van der Waals surface area contributed by atoms with E-state index in [1.165, 1.54) is 17.3 Å². The van der Waals surface area contributed by atoms with Crippen LogP contribution in [0, 0.1) is 6.92 Å². The first-order valence-corrected chi connectivity index (χ1v) is 12.6. The third kappa shape index (κ3) is 5.21. The molecule has 0 aromatic heterocycles. The van der Waals surface area contributed by atoms with Gasteiger partial charge in [-0.2, -0.15) is 0 Å². The number of carbonyl (C=O) groups is 3. The van der Waals surface area contributed by atoms with Crippen molar-refractivity contribution in [3.05, 3.63) is 100 Å². The molecule has 0 fully saturated rings. The highest BCUT2D eigenvalue weighted by atomic mass is 32.2. The van der Waals surface area contributed by atoms with E-state index < -0.39 is 17.8 Å². The first-order valence-electron chi connectivity index (χ1n) is 11.8. The van der Waals surface area contributed by atoms with Crippen LogP contribution in [-0.2, 0) is 14.3 Å². The molecule has 0 aliphatic carbocycles. The molecule has 0 atom stereocenters. The molecule has 0 spiro atoms. The molecule has 3 aromatic carbocycles. The molecule has 0 unspecified atom stereocenters. The highest BCUT2D eigenvalue weighted by Crippen LogP contribution is 2.39. The van der Waals surface area contributed by atoms with Crippen LogP contribution in [0.4, 0.5) is 11.4 Å². The number of nitrogens with zero attached hydrogens (tertiary/aromatic N) is 1. The topological polar surface area (TPSA) is 75.7 Å². The maximum absolute atomic E-state index is 13.7. The van der Waals surface area contributed by atoms with E-state index in [0.29, 0.717) is 11.6 Å². The van der Waals surface area contributed by atoms with Crippen molar-refractivity contribution in [3.63, 3.8) is 0 Å². The third-order valence-electron chi connectivity index (χ3n) is 5.77. The highest BCUT2D eigenvalue weighted by molar-refractivity contribution is 8.04. The minimum Gasteiger partial charge on any atom is -0.462 e. The van der Waals surface area contributed by atoms with Gasteiger partial charge >= 0.3 is 5.97 Å². The number of thioether (sulfide) groups is 1. The molecule has 1 aliphatic rings. The molecule has 6 nitrogen and oxygen atoms in total. The summed E-state index contributed by atoms with van der Waals surface area (Å²) in [5, 5.41) is 3.17. The predicted molar refractivity (Wildman–Crippen MR) is 143 cm³/mol. The van der Waals surface area contributed by atoms with Gasteiger partial charge in [0.05, 0.1) is 17.9 Å². The van der Waals surface area contributed by atoms with Crippen molar-refractivity contribution in [1.29, 1.82) is 0 Å². The zero-order valence-corrected chi connectivity index (χ0v) is 21.5. The molecule has 0 radical (unpaired) electrons. The van der Waals surface area contributed by atoms with Crippen LogP contribution >= 0.6 is 11.8 Å². The number of carbonyl (C=O) groups excluding carboxylic acids is 3. The van der Waals surface area contributed by atoms with E-state index in [1.54, 1.807) is 31.2 Å². The number of anilines is 2.